The van der Waals surface area contributed by atoms with Crippen molar-refractivity contribution in [1.29, 1.82) is 0 Å². The van der Waals surface area contributed by atoms with E-state index in [2.05, 4.69) is 5.16 Å². The van der Waals surface area contributed by atoms with Crippen LogP contribution in [0.25, 0.3) is 11.3 Å². The van der Waals surface area contributed by atoms with Crippen molar-refractivity contribution < 1.29 is 9.26 Å². The van der Waals surface area contributed by atoms with Gasteiger partial charge < -0.3 is 9.26 Å². The van der Waals surface area contributed by atoms with Gasteiger partial charge in [-0.2, -0.15) is 0 Å². The smallest absolute Gasteiger partial charge is 0.145 e. The highest BCUT2D eigenvalue weighted by Crippen LogP contribution is 2.47. The quantitative estimate of drug-likeness (QED) is 0.574. The third-order valence-electron chi connectivity index (χ3n) is 6.27. The molecule has 2 bridgehead atoms. The monoisotopic (exact) mass is 391 g/mol. The molecule has 3 saturated carbocycles. The van der Waals surface area contributed by atoms with E-state index in [4.69, 9.17) is 32.5 Å². The van der Waals surface area contributed by atoms with Crippen LogP contribution in [0.3, 0.4) is 0 Å². The predicted molar refractivity (Wildman–Crippen MR) is 103 cm³/mol. The Hall–Kier alpha value is -1.03. The maximum Gasteiger partial charge on any atom is 0.145 e. The molecule has 3 aliphatic carbocycles. The Morgan fingerprint density at radius 2 is 1.69 bits per heavy atom. The second-order valence-corrected chi connectivity index (χ2v) is 9.01. The molecule has 1 aromatic carbocycles. The molecule has 2 unspecified atom stereocenters. The molecule has 0 N–H and O–H groups in total. The van der Waals surface area contributed by atoms with Gasteiger partial charge in [0, 0.05) is 17.0 Å². The molecule has 0 amide bonds. The van der Waals surface area contributed by atoms with Crippen molar-refractivity contribution in [2.45, 2.75) is 63.6 Å². The number of hydrogen-bond acceptors (Lipinski definition) is 3. The lowest BCUT2D eigenvalue weighted by atomic mass is 9.87. The van der Waals surface area contributed by atoms with Crippen LogP contribution in [0, 0.1) is 11.8 Å². The molecule has 1 aromatic heterocycles. The molecule has 26 heavy (non-hydrogen) atoms. The van der Waals surface area contributed by atoms with E-state index in [0.29, 0.717) is 28.7 Å². The first-order valence-electron chi connectivity index (χ1n) is 9.73. The molecule has 5 heteroatoms. The van der Waals surface area contributed by atoms with E-state index < -0.39 is 0 Å². The third-order valence-corrected chi connectivity index (χ3v) is 6.90. The largest absolute Gasteiger partial charge is 0.373 e. The molecule has 138 valence electrons. The minimum atomic E-state index is 0.359. The van der Waals surface area contributed by atoms with Crippen molar-refractivity contribution in [3.8, 4) is 11.3 Å². The Morgan fingerprint density at radius 3 is 2.35 bits per heavy atom. The van der Waals surface area contributed by atoms with Crippen LogP contribution < -0.4 is 0 Å². The van der Waals surface area contributed by atoms with Crippen molar-refractivity contribution in [2.75, 3.05) is 0 Å². The molecular weight excluding hydrogens is 369 g/mol. The van der Waals surface area contributed by atoms with Crippen LogP contribution in [0.15, 0.2) is 22.7 Å². The Kier molecular flexibility index (Phi) is 4.50. The molecule has 0 saturated heterocycles. The average Bonchev–Trinajstić information content (AvgIpc) is 3.30. The van der Waals surface area contributed by atoms with E-state index in [1.807, 2.05) is 18.2 Å². The van der Waals surface area contributed by atoms with Gasteiger partial charge in [-0.1, -0.05) is 47.3 Å². The van der Waals surface area contributed by atoms with Crippen LogP contribution in [-0.4, -0.2) is 11.3 Å². The summed E-state index contributed by atoms with van der Waals surface area (Å²) in [6, 6.07) is 5.54. The summed E-state index contributed by atoms with van der Waals surface area (Å²) in [5, 5.41) is 5.56. The van der Waals surface area contributed by atoms with E-state index >= 15 is 0 Å². The molecule has 2 atom stereocenters. The van der Waals surface area contributed by atoms with Crippen molar-refractivity contribution in [3.05, 3.63) is 39.6 Å². The first-order valence-corrected chi connectivity index (χ1v) is 10.5. The first-order chi connectivity index (χ1) is 12.7. The topological polar surface area (TPSA) is 35.3 Å². The summed E-state index contributed by atoms with van der Waals surface area (Å²) in [7, 11) is 0. The van der Waals surface area contributed by atoms with Crippen LogP contribution in [0.4, 0.5) is 0 Å². The first kappa shape index (κ1) is 17.1. The molecule has 2 aromatic rings. The molecule has 5 rings (SSSR count). The second kappa shape index (κ2) is 6.85. The lowest BCUT2D eigenvalue weighted by Crippen LogP contribution is -2.23. The van der Waals surface area contributed by atoms with Crippen LogP contribution in [-0.2, 0) is 11.3 Å². The van der Waals surface area contributed by atoms with Gasteiger partial charge in [0.25, 0.3) is 0 Å². The van der Waals surface area contributed by atoms with Crippen LogP contribution in [0.1, 0.15) is 62.2 Å². The summed E-state index contributed by atoms with van der Waals surface area (Å²) in [6.45, 7) is 0.538. The van der Waals surface area contributed by atoms with Gasteiger partial charge in [0.15, 0.2) is 0 Å². The van der Waals surface area contributed by atoms with Crippen molar-refractivity contribution in [3.63, 3.8) is 0 Å². The molecule has 0 radical (unpaired) electrons. The second-order valence-electron chi connectivity index (χ2n) is 8.19. The Balaban J connectivity index is 1.42. The molecule has 0 spiro atoms. The summed E-state index contributed by atoms with van der Waals surface area (Å²) in [6.07, 6.45) is 9.23. The maximum atomic E-state index is 6.43. The minimum Gasteiger partial charge on any atom is -0.373 e. The zero-order valence-electron chi connectivity index (χ0n) is 14.7. The van der Waals surface area contributed by atoms with E-state index in [0.717, 1.165) is 47.3 Å². The van der Waals surface area contributed by atoms with Gasteiger partial charge in [-0.05, 0) is 56.1 Å². The van der Waals surface area contributed by atoms with Gasteiger partial charge in [-0.25, -0.2) is 0 Å². The van der Waals surface area contributed by atoms with Crippen LogP contribution >= 0.6 is 23.2 Å². The highest BCUT2D eigenvalue weighted by molar-refractivity contribution is 6.39. The summed E-state index contributed by atoms with van der Waals surface area (Å²) < 4.78 is 12.1. The molecule has 0 aliphatic heterocycles. The standard InChI is InChI=1S/C21H23Cl2NO2/c22-17-2-1-3-18(23)19(17)20-16(21(26-24-20)14-6-7-14)11-25-15-9-12-4-5-13(8-12)10-15/h1-3,12-15H,4-11H2. The SMILES string of the molecule is Clc1cccc(Cl)c1-c1noc(C2CC2)c1COC1CC2CCC(C2)C1. The van der Waals surface area contributed by atoms with E-state index in [9.17, 15) is 0 Å². The van der Waals surface area contributed by atoms with Crippen LogP contribution in [0.2, 0.25) is 10.0 Å². The summed E-state index contributed by atoms with van der Waals surface area (Å²) in [4.78, 5) is 0. The molecular formula is C21H23Cl2NO2. The minimum absolute atomic E-state index is 0.359. The van der Waals surface area contributed by atoms with E-state index in [1.54, 1.807) is 0 Å². The Labute approximate surface area is 164 Å². The number of ether oxygens (including phenoxy) is 1. The molecule has 1 heterocycles. The molecule has 3 nitrogen and oxygen atoms in total. The van der Waals surface area contributed by atoms with Crippen molar-refractivity contribution >= 4 is 23.2 Å². The van der Waals surface area contributed by atoms with Gasteiger partial charge >= 0.3 is 0 Å². The van der Waals surface area contributed by atoms with Gasteiger partial charge in [-0.15, -0.1) is 0 Å². The van der Waals surface area contributed by atoms with E-state index in [-0.39, 0.29) is 0 Å². The summed E-state index contributed by atoms with van der Waals surface area (Å²) >= 11 is 12.9. The average molecular weight is 392 g/mol. The normalized spacial score (nSPS) is 27.8. The lowest BCUT2D eigenvalue weighted by Gasteiger charge is -2.27. The number of aromatic nitrogens is 1. The maximum absolute atomic E-state index is 6.43. The summed E-state index contributed by atoms with van der Waals surface area (Å²) in [5.74, 6) is 3.16. The highest BCUT2D eigenvalue weighted by Gasteiger charge is 2.36. The number of rotatable bonds is 5. The van der Waals surface area contributed by atoms with Crippen molar-refractivity contribution in [1.82, 2.24) is 5.16 Å². The number of halogens is 2. The molecule has 3 aliphatic rings. The summed E-state index contributed by atoms with van der Waals surface area (Å²) in [5.41, 5.74) is 2.55. The zero-order chi connectivity index (χ0) is 17.7. The van der Waals surface area contributed by atoms with E-state index in [1.165, 1.54) is 32.1 Å². The fourth-order valence-electron chi connectivity index (χ4n) is 4.83. The van der Waals surface area contributed by atoms with Gasteiger partial charge in [0.1, 0.15) is 11.5 Å². The van der Waals surface area contributed by atoms with Gasteiger partial charge in [0.2, 0.25) is 0 Å². The van der Waals surface area contributed by atoms with Crippen LogP contribution in [0.5, 0.6) is 0 Å². The van der Waals surface area contributed by atoms with Crippen molar-refractivity contribution in [2.24, 2.45) is 11.8 Å². The highest BCUT2D eigenvalue weighted by atomic mass is 35.5. The predicted octanol–water partition coefficient (Wildman–Crippen LogP) is 6.62. The third kappa shape index (κ3) is 3.19. The number of nitrogens with zero attached hydrogens (tertiary/aromatic N) is 1. The molecule has 3 fully saturated rings. The van der Waals surface area contributed by atoms with Gasteiger partial charge in [0.05, 0.1) is 22.8 Å². The Bertz CT molecular complexity index is 782. The van der Waals surface area contributed by atoms with Gasteiger partial charge in [-0.3, -0.25) is 0 Å². The number of hydrogen-bond donors (Lipinski definition) is 0. The zero-order valence-corrected chi connectivity index (χ0v) is 16.2. The fourth-order valence-corrected chi connectivity index (χ4v) is 5.41. The lowest BCUT2D eigenvalue weighted by molar-refractivity contribution is -0.00126. The number of benzene rings is 1. The number of fused-ring (bicyclic) bond motifs is 2. The Morgan fingerprint density at radius 1 is 1.00 bits per heavy atom. The fraction of sp³-hybridized carbons (Fsp3) is 0.571.